The maximum absolute atomic E-state index is 12.5. The summed E-state index contributed by atoms with van der Waals surface area (Å²) in [4.78, 5) is 14.1. The third kappa shape index (κ3) is 2.78. The number of carbonyl (C=O) groups excluding carboxylic acids is 1. The van der Waals surface area contributed by atoms with Gasteiger partial charge in [-0.05, 0) is 43.5 Å². The predicted octanol–water partition coefficient (Wildman–Crippen LogP) is 1.39. The van der Waals surface area contributed by atoms with Crippen molar-refractivity contribution >= 4 is 16.1 Å². The van der Waals surface area contributed by atoms with Gasteiger partial charge in [-0.1, -0.05) is 0 Å². The van der Waals surface area contributed by atoms with E-state index in [4.69, 9.17) is 5.26 Å². The monoisotopic (exact) mass is 291 g/mol. The smallest absolute Gasteiger partial charge is 0.211 e. The van der Waals surface area contributed by atoms with Gasteiger partial charge in [0, 0.05) is 6.54 Å². The molecule has 0 aliphatic carbocycles. The zero-order chi connectivity index (χ0) is 14.6. The van der Waals surface area contributed by atoms with Gasteiger partial charge in [0.2, 0.25) is 16.1 Å². The lowest BCUT2D eigenvalue weighted by Crippen LogP contribution is -2.42. The summed E-state index contributed by atoms with van der Waals surface area (Å²) in [6.45, 7) is 0.332. The Hall–Kier alpha value is -2.00. The fraction of sp³-hybridized carbons (Fsp3) is 0.385. The normalized spacial score (nSPS) is 19.9. The Balaban J connectivity index is 2.36. The van der Waals surface area contributed by atoms with Crippen LogP contribution >= 0.6 is 0 Å². The Labute approximate surface area is 117 Å². The number of hydrogen-bond acceptors (Lipinski definition) is 5. The number of hydrogen-bond donors (Lipinski definition) is 0. The van der Waals surface area contributed by atoms with Crippen molar-refractivity contribution in [2.45, 2.75) is 30.3 Å². The molecule has 1 saturated heterocycles. The molecule has 1 fully saturated rings. The number of piperidine rings is 1. The van der Waals surface area contributed by atoms with E-state index in [1.807, 2.05) is 6.07 Å². The molecule has 1 aliphatic rings. The van der Waals surface area contributed by atoms with Crippen molar-refractivity contribution in [3.05, 3.63) is 29.8 Å². The fourth-order valence-electron chi connectivity index (χ4n) is 2.19. The highest BCUT2D eigenvalue weighted by Gasteiger charge is 2.33. The van der Waals surface area contributed by atoms with Crippen molar-refractivity contribution in [1.29, 1.82) is 5.26 Å². The SMILES string of the molecule is N#Cc1ccc(S(=O)(=O)N2CCCCC2N=C=O)cc1. The highest BCUT2D eigenvalue weighted by Crippen LogP contribution is 2.25. The van der Waals surface area contributed by atoms with Crippen molar-refractivity contribution in [3.63, 3.8) is 0 Å². The van der Waals surface area contributed by atoms with Crippen LogP contribution in [0.5, 0.6) is 0 Å². The van der Waals surface area contributed by atoms with Gasteiger partial charge < -0.3 is 0 Å². The minimum atomic E-state index is -3.71. The first-order valence-corrected chi connectivity index (χ1v) is 7.62. The van der Waals surface area contributed by atoms with Crippen LogP contribution in [-0.2, 0) is 14.8 Å². The number of rotatable bonds is 3. The number of benzene rings is 1. The zero-order valence-corrected chi connectivity index (χ0v) is 11.5. The van der Waals surface area contributed by atoms with Crippen LogP contribution in [0.4, 0.5) is 0 Å². The maximum atomic E-state index is 12.5. The molecule has 0 amide bonds. The molecule has 1 unspecified atom stereocenters. The molecule has 0 radical (unpaired) electrons. The van der Waals surface area contributed by atoms with Crippen LogP contribution in [0.1, 0.15) is 24.8 Å². The summed E-state index contributed by atoms with van der Waals surface area (Å²) >= 11 is 0. The Morgan fingerprint density at radius 2 is 1.95 bits per heavy atom. The Morgan fingerprint density at radius 3 is 2.55 bits per heavy atom. The molecule has 6 nitrogen and oxygen atoms in total. The molecule has 7 heteroatoms. The quantitative estimate of drug-likeness (QED) is 0.621. The van der Waals surface area contributed by atoms with E-state index in [-0.39, 0.29) is 4.90 Å². The van der Waals surface area contributed by atoms with Gasteiger partial charge >= 0.3 is 0 Å². The Kier molecular flexibility index (Phi) is 4.30. The van der Waals surface area contributed by atoms with Crippen LogP contribution < -0.4 is 0 Å². The van der Waals surface area contributed by atoms with E-state index in [1.165, 1.54) is 34.7 Å². The molecule has 104 valence electrons. The first-order valence-electron chi connectivity index (χ1n) is 6.18. The average molecular weight is 291 g/mol. The predicted molar refractivity (Wildman–Crippen MR) is 70.8 cm³/mol. The number of sulfonamides is 1. The fourth-order valence-corrected chi connectivity index (χ4v) is 3.79. The highest BCUT2D eigenvalue weighted by atomic mass is 32.2. The third-order valence-electron chi connectivity index (χ3n) is 3.21. The molecule has 1 aromatic carbocycles. The van der Waals surface area contributed by atoms with Crippen LogP contribution in [0, 0.1) is 11.3 Å². The van der Waals surface area contributed by atoms with E-state index in [2.05, 4.69) is 4.99 Å². The second-order valence-corrected chi connectivity index (χ2v) is 6.34. The Bertz CT molecular complexity index is 670. The number of aliphatic imine (C=N–C) groups is 1. The van der Waals surface area contributed by atoms with Crippen molar-refractivity contribution in [1.82, 2.24) is 4.31 Å². The number of nitrogens with zero attached hydrogens (tertiary/aromatic N) is 3. The van der Waals surface area contributed by atoms with Crippen molar-refractivity contribution in [2.24, 2.45) is 4.99 Å². The van der Waals surface area contributed by atoms with Gasteiger partial charge in [-0.2, -0.15) is 14.6 Å². The summed E-state index contributed by atoms with van der Waals surface area (Å²) in [5.74, 6) is 0. The average Bonchev–Trinajstić information content (AvgIpc) is 2.48. The lowest BCUT2D eigenvalue weighted by Gasteiger charge is -2.31. The summed E-state index contributed by atoms with van der Waals surface area (Å²) in [6.07, 6.45) is 2.84. The van der Waals surface area contributed by atoms with Crippen molar-refractivity contribution < 1.29 is 13.2 Å². The molecular weight excluding hydrogens is 278 g/mol. The van der Waals surface area contributed by atoms with Crippen LogP contribution in [0.15, 0.2) is 34.2 Å². The second-order valence-electron chi connectivity index (χ2n) is 4.45. The third-order valence-corrected chi connectivity index (χ3v) is 5.13. The lowest BCUT2D eigenvalue weighted by molar-refractivity contribution is 0.259. The summed E-state index contributed by atoms with van der Waals surface area (Å²) in [6, 6.07) is 7.63. The summed E-state index contributed by atoms with van der Waals surface area (Å²) in [7, 11) is -3.71. The van der Waals surface area contributed by atoms with E-state index >= 15 is 0 Å². The number of nitriles is 1. The van der Waals surface area contributed by atoms with Gasteiger partial charge in [-0.3, -0.25) is 0 Å². The molecule has 1 aliphatic heterocycles. The molecular formula is C13H13N3O3S. The largest absolute Gasteiger partial charge is 0.244 e. The maximum Gasteiger partial charge on any atom is 0.244 e. The molecule has 20 heavy (non-hydrogen) atoms. The molecule has 1 atom stereocenters. The summed E-state index contributed by atoms with van der Waals surface area (Å²) in [5.41, 5.74) is 0.394. The van der Waals surface area contributed by atoms with Gasteiger partial charge in [0.25, 0.3) is 0 Å². The lowest BCUT2D eigenvalue weighted by atomic mass is 10.1. The van der Waals surface area contributed by atoms with Crippen LogP contribution in [0.25, 0.3) is 0 Å². The number of isocyanates is 1. The van der Waals surface area contributed by atoms with Crippen molar-refractivity contribution in [3.8, 4) is 6.07 Å². The highest BCUT2D eigenvalue weighted by molar-refractivity contribution is 7.89. The zero-order valence-electron chi connectivity index (χ0n) is 10.7. The van der Waals surface area contributed by atoms with E-state index in [9.17, 15) is 13.2 Å². The van der Waals surface area contributed by atoms with Gasteiger partial charge in [0.05, 0.1) is 16.5 Å². The van der Waals surface area contributed by atoms with E-state index < -0.39 is 16.2 Å². The molecule has 2 rings (SSSR count). The molecule has 0 spiro atoms. The van der Waals surface area contributed by atoms with Crippen molar-refractivity contribution in [2.75, 3.05) is 6.54 Å². The van der Waals surface area contributed by atoms with E-state index in [0.717, 1.165) is 12.8 Å². The molecule has 0 N–H and O–H groups in total. The topological polar surface area (TPSA) is 90.6 Å². The molecule has 0 bridgehead atoms. The van der Waals surface area contributed by atoms with Crippen LogP contribution in [-0.4, -0.2) is 31.5 Å². The van der Waals surface area contributed by atoms with Crippen LogP contribution in [0.2, 0.25) is 0 Å². The molecule has 0 saturated carbocycles. The standard InChI is InChI=1S/C13H13N3O3S/c14-9-11-4-6-12(7-5-11)20(18,19)16-8-2-1-3-13(16)15-10-17/h4-7,13H,1-3,8H2. The molecule has 1 heterocycles. The Morgan fingerprint density at radius 1 is 1.25 bits per heavy atom. The van der Waals surface area contributed by atoms with E-state index in [0.29, 0.717) is 18.5 Å². The van der Waals surface area contributed by atoms with Gasteiger partial charge in [-0.25, -0.2) is 13.2 Å². The molecule has 0 aromatic heterocycles. The first-order chi connectivity index (χ1) is 9.59. The molecule has 1 aromatic rings. The summed E-state index contributed by atoms with van der Waals surface area (Å²) in [5, 5.41) is 8.72. The van der Waals surface area contributed by atoms with Gasteiger partial charge in [-0.15, -0.1) is 0 Å². The van der Waals surface area contributed by atoms with E-state index in [1.54, 1.807) is 0 Å². The summed E-state index contributed by atoms with van der Waals surface area (Å²) < 4.78 is 26.3. The van der Waals surface area contributed by atoms with Crippen LogP contribution in [0.3, 0.4) is 0 Å². The van der Waals surface area contributed by atoms with Gasteiger partial charge in [0.15, 0.2) is 0 Å². The second kappa shape index (κ2) is 5.97. The minimum absolute atomic E-state index is 0.101. The first kappa shape index (κ1) is 14.4. The van der Waals surface area contributed by atoms with Gasteiger partial charge in [0.1, 0.15) is 6.17 Å². The minimum Gasteiger partial charge on any atom is -0.211 e.